The zero-order valence-electron chi connectivity index (χ0n) is 9.81. The molecule has 17 heavy (non-hydrogen) atoms. The zero-order valence-corrected chi connectivity index (χ0v) is 9.81. The van der Waals surface area contributed by atoms with Crippen LogP contribution in [-0.4, -0.2) is 17.1 Å². The van der Waals surface area contributed by atoms with Crippen LogP contribution in [0.4, 0.5) is 0 Å². The molecule has 2 rings (SSSR count). The van der Waals surface area contributed by atoms with Crippen LogP contribution in [-0.2, 0) is 0 Å². The van der Waals surface area contributed by atoms with E-state index >= 15 is 0 Å². The van der Waals surface area contributed by atoms with E-state index in [2.05, 4.69) is 10.5 Å². The summed E-state index contributed by atoms with van der Waals surface area (Å²) in [6, 6.07) is 11.3. The predicted octanol–water partition coefficient (Wildman–Crippen LogP) is 2.48. The van der Waals surface area contributed by atoms with Crippen LogP contribution in [0.3, 0.4) is 0 Å². The van der Waals surface area contributed by atoms with E-state index in [9.17, 15) is 4.79 Å². The molecular formula is C13H14N2O2. The van der Waals surface area contributed by atoms with E-state index in [1.807, 2.05) is 44.2 Å². The summed E-state index contributed by atoms with van der Waals surface area (Å²) < 4.78 is 5.02. The molecule has 0 spiro atoms. The monoisotopic (exact) mass is 230 g/mol. The number of hydrogen-bond donors (Lipinski definition) is 1. The summed E-state index contributed by atoms with van der Waals surface area (Å²) in [6.45, 7) is 3.79. The fourth-order valence-corrected chi connectivity index (χ4v) is 1.46. The molecule has 1 N–H and O–H groups in total. The van der Waals surface area contributed by atoms with Crippen LogP contribution in [0.1, 0.15) is 24.4 Å². The van der Waals surface area contributed by atoms with E-state index in [-0.39, 0.29) is 17.7 Å². The number of nitrogens with zero attached hydrogens (tertiary/aromatic N) is 1. The standard InChI is InChI=1S/C13H14N2O2/c1-9(2)14-13(16)12-8-11(15-17-12)10-6-4-3-5-7-10/h3-9H,1-2H3,(H,14,16). The summed E-state index contributed by atoms with van der Waals surface area (Å²) in [7, 11) is 0. The van der Waals surface area contributed by atoms with Gasteiger partial charge in [-0.05, 0) is 13.8 Å². The van der Waals surface area contributed by atoms with Crippen molar-refractivity contribution in [3.8, 4) is 11.3 Å². The molecule has 1 aromatic carbocycles. The van der Waals surface area contributed by atoms with Gasteiger partial charge in [0.1, 0.15) is 5.69 Å². The van der Waals surface area contributed by atoms with Crippen molar-refractivity contribution in [1.82, 2.24) is 10.5 Å². The van der Waals surface area contributed by atoms with Gasteiger partial charge >= 0.3 is 0 Å². The van der Waals surface area contributed by atoms with E-state index in [4.69, 9.17) is 4.52 Å². The van der Waals surface area contributed by atoms with Crippen LogP contribution in [0, 0.1) is 0 Å². The highest BCUT2D eigenvalue weighted by atomic mass is 16.5. The lowest BCUT2D eigenvalue weighted by Gasteiger charge is -2.04. The minimum absolute atomic E-state index is 0.0766. The highest BCUT2D eigenvalue weighted by molar-refractivity contribution is 5.92. The highest BCUT2D eigenvalue weighted by Crippen LogP contribution is 2.18. The second-order valence-electron chi connectivity index (χ2n) is 4.07. The maximum atomic E-state index is 11.7. The number of rotatable bonds is 3. The quantitative estimate of drug-likeness (QED) is 0.881. The Morgan fingerprint density at radius 3 is 2.65 bits per heavy atom. The number of benzene rings is 1. The van der Waals surface area contributed by atoms with Gasteiger partial charge in [-0.1, -0.05) is 35.5 Å². The Bertz CT molecular complexity index is 503. The number of carbonyl (C=O) groups is 1. The Morgan fingerprint density at radius 1 is 1.29 bits per heavy atom. The van der Waals surface area contributed by atoms with Gasteiger partial charge in [0, 0.05) is 17.7 Å². The number of nitrogens with one attached hydrogen (secondary N) is 1. The molecule has 0 atom stereocenters. The van der Waals surface area contributed by atoms with Crippen LogP contribution in [0.2, 0.25) is 0 Å². The maximum absolute atomic E-state index is 11.7. The van der Waals surface area contributed by atoms with Crippen LogP contribution in [0.15, 0.2) is 40.9 Å². The first kappa shape index (κ1) is 11.4. The molecule has 0 aliphatic heterocycles. The summed E-state index contributed by atoms with van der Waals surface area (Å²) in [5, 5.41) is 6.63. The highest BCUT2D eigenvalue weighted by Gasteiger charge is 2.14. The fraction of sp³-hybridized carbons (Fsp3) is 0.231. The van der Waals surface area contributed by atoms with Gasteiger partial charge in [0.15, 0.2) is 0 Å². The summed E-state index contributed by atoms with van der Waals surface area (Å²) >= 11 is 0. The van der Waals surface area contributed by atoms with Crippen molar-refractivity contribution in [2.24, 2.45) is 0 Å². The number of amides is 1. The lowest BCUT2D eigenvalue weighted by atomic mass is 10.1. The molecule has 1 amide bonds. The molecule has 0 bridgehead atoms. The molecule has 0 aliphatic carbocycles. The third-order valence-corrected chi connectivity index (χ3v) is 2.22. The average molecular weight is 230 g/mol. The molecule has 2 aromatic rings. The van der Waals surface area contributed by atoms with Crippen molar-refractivity contribution in [3.63, 3.8) is 0 Å². The topological polar surface area (TPSA) is 55.1 Å². The molecule has 0 saturated carbocycles. The minimum Gasteiger partial charge on any atom is -0.350 e. The van der Waals surface area contributed by atoms with Crippen molar-refractivity contribution in [2.75, 3.05) is 0 Å². The molecule has 1 aromatic heterocycles. The van der Waals surface area contributed by atoms with E-state index < -0.39 is 0 Å². The number of carbonyl (C=O) groups excluding carboxylic acids is 1. The molecule has 1 heterocycles. The van der Waals surface area contributed by atoms with Gasteiger partial charge in [-0.15, -0.1) is 0 Å². The Labute approximate surface area is 99.6 Å². The van der Waals surface area contributed by atoms with Gasteiger partial charge in [0.2, 0.25) is 5.76 Å². The smallest absolute Gasteiger partial charge is 0.290 e. The largest absolute Gasteiger partial charge is 0.350 e. The number of hydrogen-bond acceptors (Lipinski definition) is 3. The Balaban J connectivity index is 2.19. The SMILES string of the molecule is CC(C)NC(=O)c1cc(-c2ccccc2)no1. The van der Waals surface area contributed by atoms with Crippen molar-refractivity contribution < 1.29 is 9.32 Å². The lowest BCUT2D eigenvalue weighted by Crippen LogP contribution is -2.29. The molecule has 4 nitrogen and oxygen atoms in total. The summed E-state index contributed by atoms with van der Waals surface area (Å²) in [4.78, 5) is 11.7. The molecule has 0 saturated heterocycles. The molecular weight excluding hydrogens is 216 g/mol. The molecule has 0 aliphatic rings. The van der Waals surface area contributed by atoms with Crippen molar-refractivity contribution >= 4 is 5.91 Å². The third-order valence-electron chi connectivity index (χ3n) is 2.22. The van der Waals surface area contributed by atoms with E-state index in [0.717, 1.165) is 5.56 Å². The molecule has 0 radical (unpaired) electrons. The molecule has 0 fully saturated rings. The van der Waals surface area contributed by atoms with Crippen molar-refractivity contribution in [2.45, 2.75) is 19.9 Å². The van der Waals surface area contributed by atoms with Crippen LogP contribution in [0.25, 0.3) is 11.3 Å². The fourth-order valence-electron chi connectivity index (χ4n) is 1.46. The van der Waals surface area contributed by atoms with Gasteiger partial charge in [-0.2, -0.15) is 0 Å². The molecule has 0 unspecified atom stereocenters. The summed E-state index contributed by atoms with van der Waals surface area (Å²) in [5.74, 6) is -0.00719. The van der Waals surface area contributed by atoms with Gasteiger partial charge in [-0.3, -0.25) is 4.79 Å². The second-order valence-corrected chi connectivity index (χ2v) is 4.07. The van der Waals surface area contributed by atoms with Crippen molar-refractivity contribution in [3.05, 3.63) is 42.2 Å². The maximum Gasteiger partial charge on any atom is 0.290 e. The van der Waals surface area contributed by atoms with E-state index in [0.29, 0.717) is 5.69 Å². The number of aromatic nitrogens is 1. The Morgan fingerprint density at radius 2 is 2.00 bits per heavy atom. The summed E-state index contributed by atoms with van der Waals surface area (Å²) in [5.41, 5.74) is 1.60. The average Bonchev–Trinajstić information content (AvgIpc) is 2.78. The lowest BCUT2D eigenvalue weighted by molar-refractivity contribution is 0.0906. The van der Waals surface area contributed by atoms with Gasteiger partial charge < -0.3 is 9.84 Å². The van der Waals surface area contributed by atoms with Crippen LogP contribution in [0.5, 0.6) is 0 Å². The molecule has 4 heteroatoms. The third kappa shape index (κ3) is 2.72. The predicted molar refractivity (Wildman–Crippen MR) is 64.5 cm³/mol. The molecule has 88 valence electrons. The van der Waals surface area contributed by atoms with E-state index in [1.165, 1.54) is 0 Å². The van der Waals surface area contributed by atoms with Crippen LogP contribution < -0.4 is 5.32 Å². The van der Waals surface area contributed by atoms with E-state index in [1.54, 1.807) is 6.07 Å². The van der Waals surface area contributed by atoms with Crippen LogP contribution >= 0.6 is 0 Å². The van der Waals surface area contributed by atoms with Gasteiger partial charge in [0.25, 0.3) is 5.91 Å². The normalized spacial score (nSPS) is 10.5. The first-order chi connectivity index (χ1) is 8.16. The van der Waals surface area contributed by atoms with Gasteiger partial charge in [0.05, 0.1) is 0 Å². The summed E-state index contributed by atoms with van der Waals surface area (Å²) in [6.07, 6.45) is 0. The Hall–Kier alpha value is -2.10. The van der Waals surface area contributed by atoms with Gasteiger partial charge in [-0.25, -0.2) is 0 Å². The van der Waals surface area contributed by atoms with Crippen molar-refractivity contribution in [1.29, 1.82) is 0 Å². The first-order valence-electron chi connectivity index (χ1n) is 5.50. The zero-order chi connectivity index (χ0) is 12.3. The first-order valence-corrected chi connectivity index (χ1v) is 5.50. The minimum atomic E-state index is -0.241. The Kier molecular flexibility index (Phi) is 3.23. The second kappa shape index (κ2) is 4.82.